The number of rotatable bonds is 2. The van der Waals surface area contributed by atoms with E-state index in [0.717, 1.165) is 11.5 Å². The Balaban J connectivity index is 2.02. The molecule has 1 unspecified atom stereocenters. The summed E-state index contributed by atoms with van der Waals surface area (Å²) in [6, 6.07) is 8.07. The first-order chi connectivity index (χ1) is 7.31. The second-order valence-corrected chi connectivity index (χ2v) is 4.36. The number of fused-ring (bicyclic) bond motifs is 1. The molecule has 1 aromatic rings. The monoisotopic (exact) mass is 223 g/mol. The molecule has 2 rings (SSSR count). The molecule has 0 fully saturated rings. The smallest absolute Gasteiger partial charge is 0.177 e. The molecule has 4 N–H and O–H groups in total. The number of benzene rings is 1. The highest BCUT2D eigenvalue weighted by Crippen LogP contribution is 2.35. The van der Waals surface area contributed by atoms with Crippen molar-refractivity contribution in [1.29, 1.82) is 0 Å². The summed E-state index contributed by atoms with van der Waals surface area (Å²) in [5.41, 5.74) is 6.76. The van der Waals surface area contributed by atoms with Gasteiger partial charge in [-0.3, -0.25) is 0 Å². The molecule has 0 aliphatic carbocycles. The first-order valence-electron chi connectivity index (χ1n) is 4.69. The van der Waals surface area contributed by atoms with Crippen molar-refractivity contribution in [2.24, 2.45) is 16.7 Å². The summed E-state index contributed by atoms with van der Waals surface area (Å²) >= 11 is 1.46. The Bertz CT molecular complexity index is 381. The molecular weight excluding hydrogens is 210 g/mol. The number of hydrogen-bond donors (Lipinski definition) is 2. The minimum atomic E-state index is 0.381. The summed E-state index contributed by atoms with van der Waals surface area (Å²) in [6.07, 6.45) is 0. The van der Waals surface area contributed by atoms with Gasteiger partial charge in [0.05, 0.1) is 6.61 Å². The van der Waals surface area contributed by atoms with Crippen LogP contribution in [0.4, 0.5) is 0 Å². The van der Waals surface area contributed by atoms with Gasteiger partial charge in [0, 0.05) is 17.2 Å². The number of hydrogen-bond acceptors (Lipinski definition) is 4. The first kappa shape index (κ1) is 10.2. The van der Waals surface area contributed by atoms with E-state index in [4.69, 9.17) is 16.3 Å². The van der Waals surface area contributed by atoms with Gasteiger partial charge >= 0.3 is 0 Å². The molecular formula is C10H13N3OS. The molecule has 0 amide bonds. The average molecular weight is 223 g/mol. The number of thioether (sulfide) groups is 1. The van der Waals surface area contributed by atoms with Crippen LogP contribution in [-0.4, -0.2) is 17.5 Å². The van der Waals surface area contributed by atoms with Crippen molar-refractivity contribution < 1.29 is 4.74 Å². The number of ether oxygens (including phenoxy) is 1. The van der Waals surface area contributed by atoms with Gasteiger partial charge < -0.3 is 16.3 Å². The lowest BCUT2D eigenvalue weighted by molar-refractivity contribution is 0.339. The van der Waals surface area contributed by atoms with E-state index in [-0.39, 0.29) is 0 Å². The Labute approximate surface area is 92.7 Å². The van der Waals surface area contributed by atoms with Crippen LogP contribution in [0.1, 0.15) is 11.5 Å². The number of nitrogens with zero attached hydrogens (tertiary/aromatic N) is 1. The molecule has 1 aliphatic heterocycles. The van der Waals surface area contributed by atoms with Crippen LogP contribution in [0.25, 0.3) is 0 Å². The number of amidine groups is 1. The van der Waals surface area contributed by atoms with Gasteiger partial charge in [-0.2, -0.15) is 5.10 Å². The Morgan fingerprint density at radius 3 is 3.13 bits per heavy atom. The fourth-order valence-electron chi connectivity index (χ4n) is 1.59. The van der Waals surface area contributed by atoms with E-state index in [1.807, 2.05) is 18.2 Å². The minimum absolute atomic E-state index is 0.381. The molecule has 5 heteroatoms. The summed E-state index contributed by atoms with van der Waals surface area (Å²) in [5.74, 6) is 7.27. The maximum Gasteiger partial charge on any atom is 0.177 e. The molecule has 0 bridgehead atoms. The molecule has 0 radical (unpaired) electrons. The van der Waals surface area contributed by atoms with E-state index < -0.39 is 0 Å². The summed E-state index contributed by atoms with van der Waals surface area (Å²) in [4.78, 5) is 0. The molecule has 1 heterocycles. The highest BCUT2D eigenvalue weighted by atomic mass is 32.2. The predicted octanol–water partition coefficient (Wildman–Crippen LogP) is 1.08. The lowest BCUT2D eigenvalue weighted by atomic mass is 10.0. The van der Waals surface area contributed by atoms with Crippen molar-refractivity contribution in [3.05, 3.63) is 29.8 Å². The summed E-state index contributed by atoms with van der Waals surface area (Å²) in [5, 5.41) is 3.84. The molecule has 0 spiro atoms. The van der Waals surface area contributed by atoms with Gasteiger partial charge in [0.15, 0.2) is 5.17 Å². The van der Waals surface area contributed by atoms with E-state index in [1.54, 1.807) is 0 Å². The maximum absolute atomic E-state index is 5.55. The number of para-hydroxylation sites is 1. The third kappa shape index (κ3) is 2.18. The molecule has 0 aromatic heterocycles. The van der Waals surface area contributed by atoms with E-state index in [0.29, 0.717) is 17.7 Å². The summed E-state index contributed by atoms with van der Waals surface area (Å²) in [6.45, 7) is 0.712. The molecule has 1 aliphatic rings. The molecule has 15 heavy (non-hydrogen) atoms. The fraction of sp³-hybridized carbons (Fsp3) is 0.300. The van der Waals surface area contributed by atoms with Crippen molar-refractivity contribution in [3.8, 4) is 5.75 Å². The van der Waals surface area contributed by atoms with Gasteiger partial charge in [0.1, 0.15) is 5.75 Å². The lowest BCUT2D eigenvalue weighted by Gasteiger charge is -2.06. The Kier molecular flexibility index (Phi) is 3.01. The van der Waals surface area contributed by atoms with Crippen molar-refractivity contribution in [2.75, 3.05) is 12.4 Å². The van der Waals surface area contributed by atoms with E-state index in [9.17, 15) is 0 Å². The van der Waals surface area contributed by atoms with Crippen LogP contribution in [0.2, 0.25) is 0 Å². The third-order valence-electron chi connectivity index (χ3n) is 2.36. The Hall–Kier alpha value is -1.36. The van der Waals surface area contributed by atoms with Gasteiger partial charge in [-0.25, -0.2) is 0 Å². The van der Waals surface area contributed by atoms with Crippen molar-refractivity contribution >= 4 is 16.9 Å². The first-order valence-corrected chi connectivity index (χ1v) is 5.67. The van der Waals surface area contributed by atoms with Crippen LogP contribution in [0.15, 0.2) is 29.4 Å². The molecule has 1 atom stereocenters. The topological polar surface area (TPSA) is 73.6 Å². The lowest BCUT2D eigenvalue weighted by Crippen LogP contribution is -2.13. The van der Waals surface area contributed by atoms with Crippen molar-refractivity contribution in [3.63, 3.8) is 0 Å². The zero-order valence-electron chi connectivity index (χ0n) is 8.22. The maximum atomic E-state index is 5.55. The molecule has 4 nitrogen and oxygen atoms in total. The van der Waals surface area contributed by atoms with Crippen LogP contribution < -0.4 is 16.3 Å². The van der Waals surface area contributed by atoms with E-state index in [1.165, 1.54) is 17.3 Å². The van der Waals surface area contributed by atoms with E-state index in [2.05, 4.69) is 11.2 Å². The van der Waals surface area contributed by atoms with Gasteiger partial charge in [-0.05, 0) is 6.07 Å². The predicted molar refractivity (Wildman–Crippen MR) is 62.9 cm³/mol. The zero-order valence-corrected chi connectivity index (χ0v) is 9.04. The van der Waals surface area contributed by atoms with Gasteiger partial charge in [-0.1, -0.05) is 30.0 Å². The molecule has 1 aromatic carbocycles. The van der Waals surface area contributed by atoms with Crippen molar-refractivity contribution in [1.82, 2.24) is 0 Å². The highest BCUT2D eigenvalue weighted by Gasteiger charge is 2.23. The molecule has 0 saturated heterocycles. The van der Waals surface area contributed by atoms with E-state index >= 15 is 0 Å². The SMILES string of the molecule is NN=C(N)SCC1COc2ccccc21. The second-order valence-electron chi connectivity index (χ2n) is 3.32. The van der Waals surface area contributed by atoms with Crippen LogP contribution >= 0.6 is 11.8 Å². The second kappa shape index (κ2) is 4.44. The highest BCUT2D eigenvalue weighted by molar-refractivity contribution is 8.13. The van der Waals surface area contributed by atoms with Crippen LogP contribution in [0.5, 0.6) is 5.75 Å². The summed E-state index contributed by atoms with van der Waals surface area (Å²) in [7, 11) is 0. The number of nitrogens with two attached hydrogens (primary N) is 2. The van der Waals surface area contributed by atoms with Crippen molar-refractivity contribution in [2.45, 2.75) is 5.92 Å². The van der Waals surface area contributed by atoms with Gasteiger partial charge in [0.2, 0.25) is 0 Å². The van der Waals surface area contributed by atoms with Crippen LogP contribution in [-0.2, 0) is 0 Å². The minimum Gasteiger partial charge on any atom is -0.493 e. The molecule has 80 valence electrons. The normalized spacial score (nSPS) is 19.7. The summed E-state index contributed by atoms with van der Waals surface area (Å²) < 4.78 is 5.55. The third-order valence-corrected chi connectivity index (χ3v) is 3.33. The number of hydrazone groups is 1. The largest absolute Gasteiger partial charge is 0.493 e. The standard InChI is InChI=1S/C10H13N3OS/c11-10(13-12)15-6-7-5-14-9-4-2-1-3-8(7)9/h1-4,7H,5-6,12H2,(H2,11,13). The average Bonchev–Trinajstić information content (AvgIpc) is 2.69. The molecule has 0 saturated carbocycles. The van der Waals surface area contributed by atoms with Gasteiger partial charge in [0.25, 0.3) is 0 Å². The Morgan fingerprint density at radius 2 is 2.33 bits per heavy atom. The van der Waals surface area contributed by atoms with Crippen LogP contribution in [0.3, 0.4) is 0 Å². The van der Waals surface area contributed by atoms with Crippen LogP contribution in [0, 0.1) is 0 Å². The Morgan fingerprint density at radius 1 is 1.53 bits per heavy atom. The quantitative estimate of drug-likeness (QED) is 0.340. The zero-order chi connectivity index (χ0) is 10.7. The van der Waals surface area contributed by atoms with Gasteiger partial charge in [-0.15, -0.1) is 0 Å². The fourth-order valence-corrected chi connectivity index (χ4v) is 2.31.